The van der Waals surface area contributed by atoms with Crippen LogP contribution in [-0.2, 0) is 7.05 Å². The molecule has 1 N–H and O–H groups in total. The van der Waals surface area contributed by atoms with Gasteiger partial charge in [-0.2, -0.15) is 0 Å². The van der Waals surface area contributed by atoms with Gasteiger partial charge in [-0.3, -0.25) is 0 Å². The summed E-state index contributed by atoms with van der Waals surface area (Å²) in [7, 11) is 1.86. The van der Waals surface area contributed by atoms with Crippen molar-refractivity contribution in [3.05, 3.63) is 40.4 Å². The predicted octanol–water partition coefficient (Wildman–Crippen LogP) is 3.37. The average molecular weight is 284 g/mol. The van der Waals surface area contributed by atoms with Crippen molar-refractivity contribution in [2.45, 2.75) is 6.92 Å². The zero-order valence-electron chi connectivity index (χ0n) is 8.96. The molecule has 0 aliphatic carbocycles. The summed E-state index contributed by atoms with van der Waals surface area (Å²) in [6.45, 7) is 1.89. The summed E-state index contributed by atoms with van der Waals surface area (Å²) in [5.41, 5.74) is 1.29. The van der Waals surface area contributed by atoms with Gasteiger partial charge in [0, 0.05) is 17.7 Å². The molecule has 1 heterocycles. The van der Waals surface area contributed by atoms with Crippen molar-refractivity contribution >= 4 is 27.6 Å². The van der Waals surface area contributed by atoms with E-state index in [-0.39, 0.29) is 5.82 Å². The third-order valence-corrected chi connectivity index (χ3v) is 2.66. The van der Waals surface area contributed by atoms with Crippen LogP contribution >= 0.6 is 15.9 Å². The Balaban J connectivity index is 2.33. The number of benzene rings is 1. The van der Waals surface area contributed by atoms with Crippen molar-refractivity contribution in [2.24, 2.45) is 7.05 Å². The van der Waals surface area contributed by atoms with E-state index in [0.29, 0.717) is 11.6 Å². The first-order valence-electron chi connectivity index (χ1n) is 4.78. The highest BCUT2D eigenvalue weighted by Gasteiger charge is 2.07. The minimum absolute atomic E-state index is 0.302. The molecular weight excluding hydrogens is 273 g/mol. The molecule has 0 unspecified atom stereocenters. The molecule has 1 aromatic carbocycles. The Kier molecular flexibility index (Phi) is 2.96. The van der Waals surface area contributed by atoms with Crippen LogP contribution in [0.3, 0.4) is 0 Å². The minimum atomic E-state index is -0.302. The van der Waals surface area contributed by atoms with Gasteiger partial charge in [-0.25, -0.2) is 9.37 Å². The van der Waals surface area contributed by atoms with Crippen molar-refractivity contribution < 1.29 is 4.39 Å². The summed E-state index contributed by atoms with van der Waals surface area (Å²) in [6.07, 6.45) is 1.87. The van der Waals surface area contributed by atoms with Crippen LogP contribution in [0.25, 0.3) is 0 Å². The lowest BCUT2D eigenvalue weighted by molar-refractivity contribution is 0.631. The van der Waals surface area contributed by atoms with Gasteiger partial charge >= 0.3 is 0 Å². The summed E-state index contributed by atoms with van der Waals surface area (Å²) in [5.74, 6) is 0.318. The van der Waals surface area contributed by atoms with Crippen LogP contribution in [0.1, 0.15) is 5.69 Å². The molecule has 0 spiro atoms. The number of nitrogens with zero attached hydrogens (tertiary/aromatic N) is 2. The smallest absolute Gasteiger partial charge is 0.207 e. The highest BCUT2D eigenvalue weighted by atomic mass is 79.9. The molecule has 0 saturated heterocycles. The van der Waals surface area contributed by atoms with E-state index in [0.717, 1.165) is 10.2 Å². The van der Waals surface area contributed by atoms with E-state index in [1.807, 2.05) is 24.7 Å². The topological polar surface area (TPSA) is 29.9 Å². The third kappa shape index (κ3) is 2.24. The fourth-order valence-corrected chi connectivity index (χ4v) is 1.81. The Morgan fingerprint density at radius 1 is 1.44 bits per heavy atom. The van der Waals surface area contributed by atoms with Crippen molar-refractivity contribution in [3.8, 4) is 0 Å². The van der Waals surface area contributed by atoms with Crippen molar-refractivity contribution in [1.82, 2.24) is 9.55 Å². The van der Waals surface area contributed by atoms with Crippen molar-refractivity contribution in [3.63, 3.8) is 0 Å². The van der Waals surface area contributed by atoms with Gasteiger partial charge < -0.3 is 9.88 Å². The summed E-state index contributed by atoms with van der Waals surface area (Å²) < 4.78 is 16.1. The van der Waals surface area contributed by atoms with E-state index in [9.17, 15) is 4.39 Å². The normalized spacial score (nSPS) is 10.5. The standard InChI is InChI=1S/C11H11BrFN3/c1-7-6-16(2)11(14-7)15-10-5-8(12)3-4-9(10)13/h3-6H,1-2H3,(H,14,15). The van der Waals surface area contributed by atoms with E-state index in [4.69, 9.17) is 0 Å². The molecule has 1 aromatic heterocycles. The van der Waals surface area contributed by atoms with Crippen molar-refractivity contribution in [1.29, 1.82) is 0 Å². The number of aryl methyl sites for hydroxylation is 2. The molecule has 16 heavy (non-hydrogen) atoms. The van der Waals surface area contributed by atoms with Crippen LogP contribution in [0, 0.1) is 12.7 Å². The lowest BCUT2D eigenvalue weighted by atomic mass is 10.3. The molecule has 0 aliphatic heterocycles. The Labute approximate surface area is 101 Å². The Bertz CT molecular complexity index is 522. The molecule has 0 bridgehead atoms. The summed E-state index contributed by atoms with van der Waals surface area (Å²) in [5, 5.41) is 2.95. The molecule has 2 aromatic rings. The summed E-state index contributed by atoms with van der Waals surface area (Å²) >= 11 is 3.30. The van der Waals surface area contributed by atoms with Crippen LogP contribution in [-0.4, -0.2) is 9.55 Å². The molecular formula is C11H11BrFN3. The van der Waals surface area contributed by atoms with E-state index in [1.54, 1.807) is 12.1 Å². The quantitative estimate of drug-likeness (QED) is 0.916. The maximum absolute atomic E-state index is 13.5. The molecule has 0 amide bonds. The maximum Gasteiger partial charge on any atom is 0.207 e. The van der Waals surface area contributed by atoms with Gasteiger partial charge in [0.1, 0.15) is 5.82 Å². The van der Waals surface area contributed by atoms with Crippen LogP contribution < -0.4 is 5.32 Å². The number of anilines is 2. The van der Waals surface area contributed by atoms with E-state index in [2.05, 4.69) is 26.2 Å². The van der Waals surface area contributed by atoms with Gasteiger partial charge in [-0.15, -0.1) is 0 Å². The number of rotatable bonds is 2. The predicted molar refractivity (Wildman–Crippen MR) is 65.3 cm³/mol. The highest BCUT2D eigenvalue weighted by Crippen LogP contribution is 2.23. The average Bonchev–Trinajstić information content (AvgIpc) is 2.51. The lowest BCUT2D eigenvalue weighted by Gasteiger charge is -2.07. The SMILES string of the molecule is Cc1cn(C)c(Nc2cc(Br)ccc2F)n1. The number of hydrogen-bond acceptors (Lipinski definition) is 2. The molecule has 0 saturated carbocycles. The second-order valence-corrected chi connectivity index (χ2v) is 4.48. The molecule has 0 atom stereocenters. The zero-order valence-corrected chi connectivity index (χ0v) is 10.5. The Morgan fingerprint density at radius 2 is 2.19 bits per heavy atom. The van der Waals surface area contributed by atoms with Gasteiger partial charge in [-0.1, -0.05) is 15.9 Å². The molecule has 2 rings (SSSR count). The van der Waals surface area contributed by atoms with Crippen LogP contribution in [0.2, 0.25) is 0 Å². The largest absolute Gasteiger partial charge is 0.323 e. The molecule has 0 fully saturated rings. The minimum Gasteiger partial charge on any atom is -0.323 e. The van der Waals surface area contributed by atoms with Gasteiger partial charge in [-0.05, 0) is 25.1 Å². The second kappa shape index (κ2) is 4.25. The van der Waals surface area contributed by atoms with Gasteiger partial charge in [0.05, 0.1) is 11.4 Å². The van der Waals surface area contributed by atoms with E-state index < -0.39 is 0 Å². The first-order chi connectivity index (χ1) is 7.56. The van der Waals surface area contributed by atoms with Crippen molar-refractivity contribution in [2.75, 3.05) is 5.32 Å². The van der Waals surface area contributed by atoms with E-state index >= 15 is 0 Å². The molecule has 84 valence electrons. The second-order valence-electron chi connectivity index (χ2n) is 3.57. The maximum atomic E-state index is 13.5. The fourth-order valence-electron chi connectivity index (χ4n) is 1.45. The fraction of sp³-hybridized carbons (Fsp3) is 0.182. The number of imidazole rings is 1. The summed E-state index contributed by atoms with van der Waals surface area (Å²) in [6, 6.07) is 4.74. The molecule has 5 heteroatoms. The number of aromatic nitrogens is 2. The lowest BCUT2D eigenvalue weighted by Crippen LogP contribution is -2.00. The molecule has 0 aliphatic rings. The number of halogens is 2. The number of nitrogens with one attached hydrogen (secondary N) is 1. The van der Waals surface area contributed by atoms with Crippen LogP contribution in [0.15, 0.2) is 28.9 Å². The van der Waals surface area contributed by atoms with Gasteiger partial charge in [0.25, 0.3) is 0 Å². The van der Waals surface area contributed by atoms with Crippen LogP contribution in [0.5, 0.6) is 0 Å². The zero-order chi connectivity index (χ0) is 11.7. The van der Waals surface area contributed by atoms with Gasteiger partial charge in [0.15, 0.2) is 0 Å². The monoisotopic (exact) mass is 283 g/mol. The first-order valence-corrected chi connectivity index (χ1v) is 5.57. The van der Waals surface area contributed by atoms with Crippen LogP contribution in [0.4, 0.5) is 16.0 Å². The highest BCUT2D eigenvalue weighted by molar-refractivity contribution is 9.10. The first kappa shape index (κ1) is 11.1. The van der Waals surface area contributed by atoms with E-state index in [1.165, 1.54) is 6.07 Å². The Morgan fingerprint density at radius 3 is 2.81 bits per heavy atom. The molecule has 3 nitrogen and oxygen atoms in total. The summed E-state index contributed by atoms with van der Waals surface area (Å²) in [4.78, 5) is 4.25. The third-order valence-electron chi connectivity index (χ3n) is 2.17. The molecule has 0 radical (unpaired) electrons. The van der Waals surface area contributed by atoms with Gasteiger partial charge in [0.2, 0.25) is 5.95 Å². The Hall–Kier alpha value is -1.36. The number of hydrogen-bond donors (Lipinski definition) is 1.